The van der Waals surface area contributed by atoms with Gasteiger partial charge in [-0.05, 0) is 24.3 Å². The van der Waals surface area contributed by atoms with Crippen LogP contribution in [0.1, 0.15) is 10.4 Å². The Labute approximate surface area is 114 Å². The lowest BCUT2D eigenvalue weighted by Gasteiger charge is -1.99. The van der Waals surface area contributed by atoms with Crippen LogP contribution in [0.25, 0.3) is 22.4 Å². The fourth-order valence-corrected chi connectivity index (χ4v) is 1.92. The minimum absolute atomic E-state index is 0.223. The SMILES string of the molecule is COc1ccc(-c2nc3ccc(C(=O)O)cc3[nH]2)cn1. The van der Waals surface area contributed by atoms with Crippen LogP contribution in [0.3, 0.4) is 0 Å². The quantitative estimate of drug-likeness (QED) is 0.761. The Morgan fingerprint density at radius 3 is 2.80 bits per heavy atom. The van der Waals surface area contributed by atoms with E-state index >= 15 is 0 Å². The number of hydrogen-bond donors (Lipinski definition) is 2. The number of nitrogens with one attached hydrogen (secondary N) is 1. The molecule has 20 heavy (non-hydrogen) atoms. The van der Waals surface area contributed by atoms with E-state index in [2.05, 4.69) is 15.0 Å². The van der Waals surface area contributed by atoms with E-state index in [1.807, 2.05) is 6.07 Å². The lowest BCUT2D eigenvalue weighted by Crippen LogP contribution is -1.94. The van der Waals surface area contributed by atoms with Gasteiger partial charge in [0.15, 0.2) is 0 Å². The second-order valence-electron chi connectivity index (χ2n) is 4.21. The zero-order chi connectivity index (χ0) is 14.1. The van der Waals surface area contributed by atoms with Gasteiger partial charge >= 0.3 is 5.97 Å². The highest BCUT2D eigenvalue weighted by atomic mass is 16.5. The van der Waals surface area contributed by atoms with Gasteiger partial charge in [-0.1, -0.05) is 0 Å². The third kappa shape index (κ3) is 2.07. The van der Waals surface area contributed by atoms with Gasteiger partial charge in [0.25, 0.3) is 0 Å². The zero-order valence-electron chi connectivity index (χ0n) is 10.6. The van der Waals surface area contributed by atoms with E-state index in [0.717, 1.165) is 5.56 Å². The predicted octanol–water partition coefficient (Wildman–Crippen LogP) is 2.33. The molecule has 0 fully saturated rings. The lowest BCUT2D eigenvalue weighted by atomic mass is 10.2. The molecule has 0 aliphatic carbocycles. The molecule has 6 heteroatoms. The molecule has 6 nitrogen and oxygen atoms in total. The Balaban J connectivity index is 2.05. The number of benzene rings is 1. The molecular formula is C14H11N3O3. The molecule has 3 aromatic rings. The molecule has 0 unspecified atom stereocenters. The number of methoxy groups -OCH3 is 1. The summed E-state index contributed by atoms with van der Waals surface area (Å²) in [7, 11) is 1.55. The van der Waals surface area contributed by atoms with Crippen LogP contribution in [0.2, 0.25) is 0 Å². The molecule has 2 aromatic heterocycles. The maximum Gasteiger partial charge on any atom is 0.335 e. The van der Waals surface area contributed by atoms with Crippen molar-refractivity contribution < 1.29 is 14.6 Å². The highest BCUT2D eigenvalue weighted by molar-refractivity contribution is 5.92. The van der Waals surface area contributed by atoms with E-state index in [0.29, 0.717) is 22.7 Å². The van der Waals surface area contributed by atoms with Crippen molar-refractivity contribution in [1.29, 1.82) is 0 Å². The Kier molecular flexibility index (Phi) is 2.83. The summed E-state index contributed by atoms with van der Waals surface area (Å²) in [5, 5.41) is 8.97. The molecule has 1 aromatic carbocycles. The lowest BCUT2D eigenvalue weighted by molar-refractivity contribution is 0.0697. The fourth-order valence-electron chi connectivity index (χ4n) is 1.92. The standard InChI is InChI=1S/C14H11N3O3/c1-20-12-5-3-9(7-15-12)13-16-10-4-2-8(14(18)19)6-11(10)17-13/h2-7H,1H3,(H,16,17)(H,18,19). The van der Waals surface area contributed by atoms with Gasteiger partial charge in [-0.15, -0.1) is 0 Å². The number of carboxylic acids is 1. The summed E-state index contributed by atoms with van der Waals surface area (Å²) in [4.78, 5) is 22.5. The van der Waals surface area contributed by atoms with Gasteiger partial charge in [0.2, 0.25) is 5.88 Å². The Morgan fingerprint density at radius 2 is 2.15 bits per heavy atom. The number of hydrogen-bond acceptors (Lipinski definition) is 4. The van der Waals surface area contributed by atoms with E-state index in [1.54, 1.807) is 31.5 Å². The van der Waals surface area contributed by atoms with Crippen LogP contribution >= 0.6 is 0 Å². The third-order valence-corrected chi connectivity index (χ3v) is 2.95. The van der Waals surface area contributed by atoms with Crippen molar-refractivity contribution in [3.05, 3.63) is 42.1 Å². The Bertz CT molecular complexity index is 778. The molecule has 0 radical (unpaired) electrons. The molecule has 100 valence electrons. The van der Waals surface area contributed by atoms with Gasteiger partial charge in [-0.25, -0.2) is 14.8 Å². The highest BCUT2D eigenvalue weighted by Gasteiger charge is 2.09. The molecule has 0 atom stereocenters. The number of carboxylic acid groups (broad SMARTS) is 1. The van der Waals surface area contributed by atoms with Crippen LogP contribution in [0, 0.1) is 0 Å². The first kappa shape index (κ1) is 12.2. The summed E-state index contributed by atoms with van der Waals surface area (Å²) in [5.74, 6) is 0.199. The first-order valence-corrected chi connectivity index (χ1v) is 5.91. The van der Waals surface area contributed by atoms with Gasteiger partial charge < -0.3 is 14.8 Å². The number of rotatable bonds is 3. The van der Waals surface area contributed by atoms with Crippen molar-refractivity contribution in [3.8, 4) is 17.3 Å². The average molecular weight is 269 g/mol. The van der Waals surface area contributed by atoms with Crippen molar-refractivity contribution >= 4 is 17.0 Å². The highest BCUT2D eigenvalue weighted by Crippen LogP contribution is 2.22. The summed E-state index contributed by atoms with van der Waals surface area (Å²) in [6.45, 7) is 0. The minimum Gasteiger partial charge on any atom is -0.481 e. The van der Waals surface area contributed by atoms with Crippen molar-refractivity contribution in [2.24, 2.45) is 0 Å². The molecule has 0 bridgehead atoms. The zero-order valence-corrected chi connectivity index (χ0v) is 10.6. The van der Waals surface area contributed by atoms with Gasteiger partial charge in [0.1, 0.15) is 5.82 Å². The first-order valence-electron chi connectivity index (χ1n) is 5.91. The molecule has 0 saturated heterocycles. The number of carbonyl (C=O) groups is 1. The number of fused-ring (bicyclic) bond motifs is 1. The van der Waals surface area contributed by atoms with E-state index in [4.69, 9.17) is 9.84 Å². The smallest absolute Gasteiger partial charge is 0.335 e. The molecule has 0 aliphatic rings. The maximum atomic E-state index is 10.9. The van der Waals surface area contributed by atoms with Crippen molar-refractivity contribution in [1.82, 2.24) is 15.0 Å². The average Bonchev–Trinajstić information content (AvgIpc) is 2.90. The molecule has 3 rings (SSSR count). The van der Waals surface area contributed by atoms with E-state index in [-0.39, 0.29) is 5.56 Å². The molecule has 0 saturated carbocycles. The second kappa shape index (κ2) is 4.65. The van der Waals surface area contributed by atoms with Crippen LogP contribution in [-0.4, -0.2) is 33.1 Å². The van der Waals surface area contributed by atoms with Crippen LogP contribution in [0.15, 0.2) is 36.5 Å². The number of aromatic carboxylic acids is 1. The van der Waals surface area contributed by atoms with Crippen molar-refractivity contribution in [2.75, 3.05) is 7.11 Å². The van der Waals surface area contributed by atoms with Crippen LogP contribution in [0.5, 0.6) is 5.88 Å². The van der Waals surface area contributed by atoms with Crippen molar-refractivity contribution in [3.63, 3.8) is 0 Å². The number of pyridine rings is 1. The number of ether oxygens (including phenoxy) is 1. The Morgan fingerprint density at radius 1 is 1.30 bits per heavy atom. The van der Waals surface area contributed by atoms with Crippen LogP contribution in [0.4, 0.5) is 0 Å². The maximum absolute atomic E-state index is 10.9. The first-order chi connectivity index (χ1) is 9.67. The summed E-state index contributed by atoms with van der Waals surface area (Å²) < 4.78 is 5.00. The molecular weight excluding hydrogens is 258 g/mol. The molecule has 0 aliphatic heterocycles. The largest absolute Gasteiger partial charge is 0.481 e. The summed E-state index contributed by atoms with van der Waals surface area (Å²) in [6, 6.07) is 8.34. The normalized spacial score (nSPS) is 10.7. The number of nitrogens with zero attached hydrogens (tertiary/aromatic N) is 2. The van der Waals surface area contributed by atoms with Crippen molar-refractivity contribution in [2.45, 2.75) is 0 Å². The monoisotopic (exact) mass is 269 g/mol. The molecule has 0 amide bonds. The summed E-state index contributed by atoms with van der Waals surface area (Å²) >= 11 is 0. The summed E-state index contributed by atoms with van der Waals surface area (Å²) in [6.07, 6.45) is 1.65. The van der Waals surface area contributed by atoms with E-state index in [9.17, 15) is 4.79 Å². The topological polar surface area (TPSA) is 88.1 Å². The Hall–Kier alpha value is -2.89. The number of imidazole rings is 1. The molecule has 2 heterocycles. The minimum atomic E-state index is -0.964. The predicted molar refractivity (Wildman–Crippen MR) is 72.8 cm³/mol. The molecule has 0 spiro atoms. The van der Waals surface area contributed by atoms with Crippen LogP contribution < -0.4 is 4.74 Å². The van der Waals surface area contributed by atoms with Gasteiger partial charge in [0, 0.05) is 17.8 Å². The van der Waals surface area contributed by atoms with E-state index < -0.39 is 5.97 Å². The molecule has 2 N–H and O–H groups in total. The number of aromatic nitrogens is 3. The van der Waals surface area contributed by atoms with Gasteiger partial charge in [-0.3, -0.25) is 0 Å². The van der Waals surface area contributed by atoms with Crippen LogP contribution in [-0.2, 0) is 0 Å². The van der Waals surface area contributed by atoms with Gasteiger partial charge in [0.05, 0.1) is 23.7 Å². The number of H-pyrrole nitrogens is 1. The fraction of sp³-hybridized carbons (Fsp3) is 0.0714. The summed E-state index contributed by atoms with van der Waals surface area (Å²) in [5.41, 5.74) is 2.41. The van der Waals surface area contributed by atoms with E-state index in [1.165, 1.54) is 6.07 Å². The van der Waals surface area contributed by atoms with Gasteiger partial charge in [-0.2, -0.15) is 0 Å². The third-order valence-electron chi connectivity index (χ3n) is 2.95. The number of aromatic amines is 1. The second-order valence-corrected chi connectivity index (χ2v) is 4.21.